The Labute approximate surface area is 153 Å². The quantitative estimate of drug-likeness (QED) is 0.248. The SMILES string of the molecule is CC(=O)Oc1ccccc1/C=N\NC(=O)COc1ccc(I)cc1. The van der Waals surface area contributed by atoms with Crippen LogP contribution in [0.2, 0.25) is 0 Å². The van der Waals surface area contributed by atoms with E-state index in [0.717, 1.165) is 3.57 Å². The van der Waals surface area contributed by atoms with E-state index in [9.17, 15) is 9.59 Å². The summed E-state index contributed by atoms with van der Waals surface area (Å²) >= 11 is 2.19. The summed E-state index contributed by atoms with van der Waals surface area (Å²) in [5.41, 5.74) is 2.93. The van der Waals surface area contributed by atoms with Gasteiger partial charge in [-0.05, 0) is 59.0 Å². The van der Waals surface area contributed by atoms with Crippen molar-refractivity contribution in [3.05, 3.63) is 57.7 Å². The van der Waals surface area contributed by atoms with Crippen molar-refractivity contribution in [1.82, 2.24) is 5.43 Å². The molecule has 6 nitrogen and oxygen atoms in total. The Balaban J connectivity index is 1.86. The molecule has 7 heteroatoms. The highest BCUT2D eigenvalue weighted by molar-refractivity contribution is 14.1. The highest BCUT2D eigenvalue weighted by atomic mass is 127. The van der Waals surface area contributed by atoms with Gasteiger partial charge in [0.1, 0.15) is 11.5 Å². The number of halogens is 1. The number of carbonyl (C=O) groups is 2. The van der Waals surface area contributed by atoms with Crippen LogP contribution in [0.15, 0.2) is 53.6 Å². The molecule has 0 spiro atoms. The molecule has 0 aliphatic rings. The van der Waals surface area contributed by atoms with Gasteiger partial charge in [-0.25, -0.2) is 5.43 Å². The number of amides is 1. The molecule has 0 heterocycles. The van der Waals surface area contributed by atoms with Crippen LogP contribution in [0.25, 0.3) is 0 Å². The second-order valence-corrected chi connectivity index (χ2v) is 5.91. The van der Waals surface area contributed by atoms with E-state index >= 15 is 0 Å². The molecule has 0 bridgehead atoms. The zero-order valence-electron chi connectivity index (χ0n) is 12.9. The van der Waals surface area contributed by atoms with Crippen molar-refractivity contribution in [3.8, 4) is 11.5 Å². The number of esters is 1. The normalized spacial score (nSPS) is 10.4. The first-order valence-corrected chi connectivity index (χ1v) is 8.10. The van der Waals surface area contributed by atoms with Gasteiger partial charge in [0.2, 0.25) is 0 Å². The predicted octanol–water partition coefficient (Wildman–Crippen LogP) is 2.75. The predicted molar refractivity (Wildman–Crippen MR) is 98.1 cm³/mol. The third kappa shape index (κ3) is 5.99. The van der Waals surface area contributed by atoms with Crippen molar-refractivity contribution in [1.29, 1.82) is 0 Å². The molecule has 2 aromatic carbocycles. The molecule has 1 amide bonds. The summed E-state index contributed by atoms with van der Waals surface area (Å²) < 4.78 is 11.5. The van der Waals surface area contributed by atoms with E-state index in [2.05, 4.69) is 33.1 Å². The van der Waals surface area contributed by atoms with Gasteiger partial charge in [0.25, 0.3) is 5.91 Å². The van der Waals surface area contributed by atoms with E-state index in [4.69, 9.17) is 9.47 Å². The zero-order chi connectivity index (χ0) is 17.4. The Kier molecular flexibility index (Phi) is 6.74. The van der Waals surface area contributed by atoms with Crippen molar-refractivity contribution in [2.24, 2.45) is 5.10 Å². The minimum absolute atomic E-state index is 0.149. The van der Waals surface area contributed by atoms with Gasteiger partial charge in [-0.1, -0.05) is 12.1 Å². The maximum Gasteiger partial charge on any atom is 0.308 e. The summed E-state index contributed by atoms with van der Waals surface area (Å²) in [5, 5.41) is 3.84. The monoisotopic (exact) mass is 438 g/mol. The number of hydrogen-bond donors (Lipinski definition) is 1. The van der Waals surface area contributed by atoms with Gasteiger partial charge >= 0.3 is 5.97 Å². The minimum atomic E-state index is -0.425. The van der Waals surface area contributed by atoms with Gasteiger partial charge < -0.3 is 9.47 Å². The number of ether oxygens (including phenoxy) is 2. The van der Waals surface area contributed by atoms with Crippen LogP contribution in [0.5, 0.6) is 11.5 Å². The molecule has 2 aromatic rings. The fraction of sp³-hybridized carbons (Fsp3) is 0.118. The third-order valence-electron chi connectivity index (χ3n) is 2.75. The molecule has 24 heavy (non-hydrogen) atoms. The number of hydrogen-bond acceptors (Lipinski definition) is 5. The van der Waals surface area contributed by atoms with Crippen molar-refractivity contribution >= 4 is 40.7 Å². The number of hydrazone groups is 1. The van der Waals surface area contributed by atoms with Crippen molar-refractivity contribution in [2.45, 2.75) is 6.92 Å². The standard InChI is InChI=1S/C17H15IN2O4/c1-12(21)24-16-5-3-2-4-13(16)10-19-20-17(22)11-23-15-8-6-14(18)7-9-15/h2-10H,11H2,1H3,(H,20,22)/b19-10-. The smallest absolute Gasteiger partial charge is 0.308 e. The molecule has 0 aliphatic carbocycles. The number of benzene rings is 2. The molecular weight excluding hydrogens is 423 g/mol. The van der Waals surface area contributed by atoms with Gasteiger partial charge in [-0.15, -0.1) is 0 Å². The summed E-state index contributed by atoms with van der Waals surface area (Å²) in [4.78, 5) is 22.7. The Hall–Kier alpha value is -2.42. The maximum atomic E-state index is 11.7. The van der Waals surface area contributed by atoms with E-state index < -0.39 is 11.9 Å². The molecule has 124 valence electrons. The Morgan fingerprint density at radius 3 is 2.58 bits per heavy atom. The van der Waals surface area contributed by atoms with Crippen LogP contribution in [-0.4, -0.2) is 24.7 Å². The highest BCUT2D eigenvalue weighted by Gasteiger charge is 2.04. The third-order valence-corrected chi connectivity index (χ3v) is 3.47. The molecule has 2 rings (SSSR count). The number of rotatable bonds is 6. The molecule has 0 saturated heterocycles. The highest BCUT2D eigenvalue weighted by Crippen LogP contribution is 2.16. The van der Waals surface area contributed by atoms with Crippen molar-refractivity contribution < 1.29 is 19.1 Å². The second-order valence-electron chi connectivity index (χ2n) is 4.67. The number of nitrogens with zero attached hydrogens (tertiary/aromatic N) is 1. The molecule has 0 atom stereocenters. The van der Waals surface area contributed by atoms with E-state index in [1.54, 1.807) is 36.4 Å². The van der Waals surface area contributed by atoms with Gasteiger partial charge in [0.15, 0.2) is 6.61 Å². The van der Waals surface area contributed by atoms with Crippen LogP contribution < -0.4 is 14.9 Å². The molecular formula is C17H15IN2O4. The molecule has 0 fully saturated rings. The zero-order valence-corrected chi connectivity index (χ0v) is 15.0. The summed E-state index contributed by atoms with van der Waals surface area (Å²) in [6.07, 6.45) is 1.40. The van der Waals surface area contributed by atoms with Crippen LogP contribution in [-0.2, 0) is 9.59 Å². The Bertz CT molecular complexity index is 745. The first kappa shape index (κ1) is 17.9. The van der Waals surface area contributed by atoms with Gasteiger partial charge in [-0.2, -0.15) is 5.10 Å². The van der Waals surface area contributed by atoms with E-state index in [-0.39, 0.29) is 6.61 Å². The first-order chi connectivity index (χ1) is 11.5. The van der Waals surface area contributed by atoms with Crippen LogP contribution >= 0.6 is 22.6 Å². The lowest BCUT2D eigenvalue weighted by Crippen LogP contribution is -2.24. The van der Waals surface area contributed by atoms with Crippen LogP contribution in [0.3, 0.4) is 0 Å². The van der Waals surface area contributed by atoms with Crippen LogP contribution in [0, 0.1) is 3.57 Å². The van der Waals surface area contributed by atoms with Crippen molar-refractivity contribution in [2.75, 3.05) is 6.61 Å². The summed E-state index contributed by atoms with van der Waals surface area (Å²) in [6.45, 7) is 1.17. The lowest BCUT2D eigenvalue weighted by molar-refractivity contribution is -0.132. The molecule has 0 unspecified atom stereocenters. The average molecular weight is 438 g/mol. The average Bonchev–Trinajstić information content (AvgIpc) is 2.55. The first-order valence-electron chi connectivity index (χ1n) is 7.02. The topological polar surface area (TPSA) is 77.0 Å². The number of para-hydroxylation sites is 1. The fourth-order valence-electron chi connectivity index (χ4n) is 1.72. The molecule has 0 radical (unpaired) electrons. The Morgan fingerprint density at radius 2 is 1.88 bits per heavy atom. The fourth-order valence-corrected chi connectivity index (χ4v) is 2.08. The van der Waals surface area contributed by atoms with Crippen molar-refractivity contribution in [3.63, 3.8) is 0 Å². The van der Waals surface area contributed by atoms with Gasteiger partial charge in [0.05, 0.1) is 6.21 Å². The minimum Gasteiger partial charge on any atom is -0.484 e. The summed E-state index contributed by atoms with van der Waals surface area (Å²) in [6, 6.07) is 14.2. The van der Waals surface area contributed by atoms with E-state index in [0.29, 0.717) is 17.1 Å². The second kappa shape index (κ2) is 9.02. The van der Waals surface area contributed by atoms with Gasteiger partial charge in [0, 0.05) is 16.1 Å². The lowest BCUT2D eigenvalue weighted by Gasteiger charge is -2.06. The van der Waals surface area contributed by atoms with Crippen LogP contribution in [0.4, 0.5) is 0 Å². The molecule has 0 aromatic heterocycles. The Morgan fingerprint density at radius 1 is 1.17 bits per heavy atom. The van der Waals surface area contributed by atoms with Crippen LogP contribution in [0.1, 0.15) is 12.5 Å². The largest absolute Gasteiger partial charge is 0.484 e. The maximum absolute atomic E-state index is 11.7. The van der Waals surface area contributed by atoms with E-state index in [1.165, 1.54) is 13.1 Å². The molecule has 0 saturated carbocycles. The lowest BCUT2D eigenvalue weighted by atomic mass is 10.2. The molecule has 1 N–H and O–H groups in total. The van der Waals surface area contributed by atoms with Gasteiger partial charge in [-0.3, -0.25) is 9.59 Å². The summed E-state index contributed by atoms with van der Waals surface area (Å²) in [5.74, 6) is 0.161. The number of carbonyl (C=O) groups excluding carboxylic acids is 2. The molecule has 0 aliphatic heterocycles. The summed E-state index contributed by atoms with van der Waals surface area (Å²) in [7, 11) is 0. The number of nitrogens with one attached hydrogen (secondary N) is 1. The van der Waals surface area contributed by atoms with E-state index in [1.807, 2.05) is 12.1 Å².